The van der Waals surface area contributed by atoms with Crippen LogP contribution in [0.5, 0.6) is 5.75 Å². The SMILES string of the molecule is COC1CCN(CCOc2cc(F)cc(Br)c2)C(CN)C1.Cl. The Kier molecular flexibility index (Phi) is 8.64. The zero-order chi connectivity index (χ0) is 15.2. The van der Waals surface area contributed by atoms with E-state index in [1.807, 2.05) is 0 Å². The Morgan fingerprint density at radius 1 is 1.41 bits per heavy atom. The van der Waals surface area contributed by atoms with E-state index in [0.29, 0.717) is 35.5 Å². The summed E-state index contributed by atoms with van der Waals surface area (Å²) in [6.07, 6.45) is 2.27. The van der Waals surface area contributed by atoms with Gasteiger partial charge in [0.25, 0.3) is 0 Å². The van der Waals surface area contributed by atoms with Crippen molar-refractivity contribution in [3.05, 3.63) is 28.5 Å². The topological polar surface area (TPSA) is 47.7 Å². The number of piperidine rings is 1. The van der Waals surface area contributed by atoms with Crippen LogP contribution in [0.1, 0.15) is 12.8 Å². The first-order valence-corrected chi connectivity index (χ1v) is 7.97. The summed E-state index contributed by atoms with van der Waals surface area (Å²) < 4.78 is 25.0. The molecule has 0 spiro atoms. The summed E-state index contributed by atoms with van der Waals surface area (Å²) in [6, 6.07) is 4.89. The van der Waals surface area contributed by atoms with Gasteiger partial charge in [0.15, 0.2) is 0 Å². The lowest BCUT2D eigenvalue weighted by Gasteiger charge is -2.38. The molecular formula is C15H23BrClFN2O2. The van der Waals surface area contributed by atoms with Crippen molar-refractivity contribution in [3.8, 4) is 5.75 Å². The molecule has 1 aromatic carbocycles. The molecule has 1 heterocycles. The second kappa shape index (κ2) is 9.67. The van der Waals surface area contributed by atoms with Crippen molar-refractivity contribution in [2.24, 2.45) is 5.73 Å². The smallest absolute Gasteiger partial charge is 0.128 e. The highest BCUT2D eigenvalue weighted by atomic mass is 79.9. The first-order chi connectivity index (χ1) is 10.1. The van der Waals surface area contributed by atoms with Gasteiger partial charge in [0.2, 0.25) is 0 Å². The van der Waals surface area contributed by atoms with Crippen molar-refractivity contribution >= 4 is 28.3 Å². The molecule has 1 aromatic rings. The largest absolute Gasteiger partial charge is 0.492 e. The van der Waals surface area contributed by atoms with Gasteiger partial charge >= 0.3 is 0 Å². The number of nitrogens with zero attached hydrogens (tertiary/aromatic N) is 1. The quantitative estimate of drug-likeness (QED) is 0.802. The Hall–Kier alpha value is -0.400. The summed E-state index contributed by atoms with van der Waals surface area (Å²) in [5, 5.41) is 0. The van der Waals surface area contributed by atoms with Crippen molar-refractivity contribution in [1.82, 2.24) is 4.90 Å². The Balaban J connectivity index is 0.00000242. The summed E-state index contributed by atoms with van der Waals surface area (Å²) in [4.78, 5) is 2.32. The van der Waals surface area contributed by atoms with Gasteiger partial charge in [0, 0.05) is 43.3 Å². The Bertz CT molecular complexity index is 447. The molecule has 2 unspecified atom stereocenters. The van der Waals surface area contributed by atoms with Crippen molar-refractivity contribution in [2.45, 2.75) is 25.0 Å². The predicted molar refractivity (Wildman–Crippen MR) is 91.3 cm³/mol. The van der Waals surface area contributed by atoms with E-state index < -0.39 is 0 Å². The molecule has 2 atom stereocenters. The number of ether oxygens (including phenoxy) is 2. The van der Waals surface area contributed by atoms with Crippen LogP contribution in [0.25, 0.3) is 0 Å². The van der Waals surface area contributed by atoms with Gasteiger partial charge in [-0.3, -0.25) is 4.90 Å². The second-order valence-corrected chi connectivity index (χ2v) is 6.18. The van der Waals surface area contributed by atoms with E-state index in [9.17, 15) is 4.39 Å². The van der Waals surface area contributed by atoms with E-state index in [0.717, 1.165) is 25.9 Å². The molecule has 1 saturated heterocycles. The van der Waals surface area contributed by atoms with Crippen LogP contribution in [0.4, 0.5) is 4.39 Å². The van der Waals surface area contributed by atoms with Gasteiger partial charge in [-0.15, -0.1) is 12.4 Å². The number of rotatable bonds is 6. The maximum Gasteiger partial charge on any atom is 0.128 e. The first kappa shape index (κ1) is 19.6. The lowest BCUT2D eigenvalue weighted by Crippen LogP contribution is -2.49. The van der Waals surface area contributed by atoms with Crippen LogP contribution in [0.15, 0.2) is 22.7 Å². The van der Waals surface area contributed by atoms with Gasteiger partial charge in [-0.25, -0.2) is 4.39 Å². The highest BCUT2D eigenvalue weighted by Gasteiger charge is 2.27. The van der Waals surface area contributed by atoms with Crippen LogP contribution in [-0.4, -0.2) is 50.4 Å². The van der Waals surface area contributed by atoms with Crippen LogP contribution in [0.3, 0.4) is 0 Å². The molecule has 126 valence electrons. The third-order valence-corrected chi connectivity index (χ3v) is 4.34. The van der Waals surface area contributed by atoms with Crippen LogP contribution in [-0.2, 0) is 4.74 Å². The van der Waals surface area contributed by atoms with Gasteiger partial charge in [-0.05, 0) is 25.0 Å². The van der Waals surface area contributed by atoms with Crippen molar-refractivity contribution in [1.29, 1.82) is 0 Å². The number of benzene rings is 1. The normalized spacial score (nSPS) is 22.2. The molecule has 22 heavy (non-hydrogen) atoms. The van der Waals surface area contributed by atoms with Gasteiger partial charge in [0.05, 0.1) is 6.10 Å². The monoisotopic (exact) mass is 396 g/mol. The predicted octanol–water partition coefficient (Wildman–Crippen LogP) is 2.83. The third kappa shape index (κ3) is 5.66. The molecule has 0 amide bonds. The van der Waals surface area contributed by atoms with E-state index in [2.05, 4.69) is 20.8 Å². The molecule has 2 rings (SSSR count). The Morgan fingerprint density at radius 2 is 2.18 bits per heavy atom. The van der Waals surface area contributed by atoms with Gasteiger partial charge in [-0.2, -0.15) is 0 Å². The van der Waals surface area contributed by atoms with Crippen LogP contribution in [0, 0.1) is 5.82 Å². The minimum Gasteiger partial charge on any atom is -0.492 e. The molecule has 1 fully saturated rings. The lowest BCUT2D eigenvalue weighted by molar-refractivity contribution is 0.00921. The molecule has 0 aromatic heterocycles. The number of methoxy groups -OCH3 is 1. The second-order valence-electron chi connectivity index (χ2n) is 5.26. The molecular weight excluding hydrogens is 375 g/mol. The molecule has 1 aliphatic rings. The number of hydrogen-bond acceptors (Lipinski definition) is 4. The average Bonchev–Trinajstić information content (AvgIpc) is 2.46. The summed E-state index contributed by atoms with van der Waals surface area (Å²) in [6.45, 7) is 2.87. The fraction of sp³-hybridized carbons (Fsp3) is 0.600. The molecule has 4 nitrogen and oxygen atoms in total. The third-order valence-electron chi connectivity index (χ3n) is 3.88. The zero-order valence-electron chi connectivity index (χ0n) is 12.6. The average molecular weight is 398 g/mol. The maximum absolute atomic E-state index is 13.3. The summed E-state index contributed by atoms with van der Waals surface area (Å²) in [7, 11) is 1.75. The zero-order valence-corrected chi connectivity index (χ0v) is 15.0. The van der Waals surface area contributed by atoms with E-state index in [4.69, 9.17) is 15.2 Å². The fourth-order valence-electron chi connectivity index (χ4n) is 2.71. The van der Waals surface area contributed by atoms with Crippen LogP contribution < -0.4 is 10.5 Å². The summed E-state index contributed by atoms with van der Waals surface area (Å²) in [5.41, 5.74) is 5.84. The summed E-state index contributed by atoms with van der Waals surface area (Å²) >= 11 is 3.26. The number of likely N-dealkylation sites (tertiary alicyclic amines) is 1. The van der Waals surface area contributed by atoms with E-state index in [1.165, 1.54) is 12.1 Å². The van der Waals surface area contributed by atoms with Gasteiger partial charge < -0.3 is 15.2 Å². The van der Waals surface area contributed by atoms with Gasteiger partial charge in [-0.1, -0.05) is 15.9 Å². The highest BCUT2D eigenvalue weighted by molar-refractivity contribution is 9.10. The Labute approximate surface area is 145 Å². The summed E-state index contributed by atoms with van der Waals surface area (Å²) in [5.74, 6) is 0.234. The van der Waals surface area contributed by atoms with Gasteiger partial charge in [0.1, 0.15) is 18.2 Å². The van der Waals surface area contributed by atoms with Crippen LogP contribution in [0.2, 0.25) is 0 Å². The Morgan fingerprint density at radius 3 is 2.82 bits per heavy atom. The first-order valence-electron chi connectivity index (χ1n) is 7.18. The van der Waals surface area contributed by atoms with Crippen molar-refractivity contribution in [3.63, 3.8) is 0 Å². The number of nitrogens with two attached hydrogens (primary N) is 1. The van der Waals surface area contributed by atoms with E-state index in [-0.39, 0.29) is 18.2 Å². The van der Waals surface area contributed by atoms with Crippen molar-refractivity contribution in [2.75, 3.05) is 33.4 Å². The maximum atomic E-state index is 13.3. The van der Waals surface area contributed by atoms with Crippen molar-refractivity contribution < 1.29 is 13.9 Å². The van der Waals surface area contributed by atoms with E-state index >= 15 is 0 Å². The lowest BCUT2D eigenvalue weighted by atomic mass is 9.99. The number of halogens is 3. The molecule has 0 aliphatic carbocycles. The standard InChI is InChI=1S/C15H22BrFN2O2.ClH/c1-20-14-2-3-19(13(9-14)10-18)4-5-21-15-7-11(16)6-12(17)8-15;/h6-8,13-14H,2-5,9-10,18H2,1H3;1H. The molecule has 2 N–H and O–H groups in total. The molecule has 0 radical (unpaired) electrons. The minimum absolute atomic E-state index is 0. The van der Waals surface area contributed by atoms with Crippen LogP contribution >= 0.6 is 28.3 Å². The molecule has 7 heteroatoms. The molecule has 1 aliphatic heterocycles. The molecule has 0 saturated carbocycles. The van der Waals surface area contributed by atoms with E-state index in [1.54, 1.807) is 13.2 Å². The fourth-order valence-corrected chi connectivity index (χ4v) is 3.15. The minimum atomic E-state index is -0.305. The number of hydrogen-bond donors (Lipinski definition) is 1. The highest BCUT2D eigenvalue weighted by Crippen LogP contribution is 2.21. The molecule has 0 bridgehead atoms.